The van der Waals surface area contributed by atoms with Gasteiger partial charge in [0.05, 0.1) is 18.2 Å². The largest absolute Gasteiger partial charge is 0.463 e. The number of ether oxygens (including phenoxy) is 2. The van der Waals surface area contributed by atoms with Gasteiger partial charge in [-0.3, -0.25) is 14.4 Å². The number of esters is 1. The van der Waals surface area contributed by atoms with Gasteiger partial charge in [0.2, 0.25) is 11.8 Å². The zero-order chi connectivity index (χ0) is 31.9. The minimum Gasteiger partial charge on any atom is -0.463 e. The number of halogens is 1. The Kier molecular flexibility index (Phi) is 10.9. The van der Waals surface area contributed by atoms with Crippen LogP contribution in [0.25, 0.3) is 0 Å². The van der Waals surface area contributed by atoms with Crippen molar-refractivity contribution < 1.29 is 37.8 Å². The number of Topliss-reactive ketones (excluding diaryl/α,β-unsaturated/α-hetero) is 1. The van der Waals surface area contributed by atoms with E-state index in [4.69, 9.17) is 9.47 Å². The molecule has 3 N–H and O–H groups in total. The van der Waals surface area contributed by atoms with Crippen LogP contribution in [-0.4, -0.2) is 60.0 Å². The van der Waals surface area contributed by atoms with E-state index in [9.17, 15) is 28.4 Å². The second kappa shape index (κ2) is 14.0. The summed E-state index contributed by atoms with van der Waals surface area (Å²) in [6.45, 7) is 10.9. The average molecular weight is 600 g/mol. The Hall–Kier alpha value is -4.02. The first-order chi connectivity index (χ1) is 20.1. The summed E-state index contributed by atoms with van der Waals surface area (Å²) in [7, 11) is 0. The molecule has 4 atom stereocenters. The lowest BCUT2D eigenvalue weighted by molar-refractivity contribution is -0.137. The van der Waals surface area contributed by atoms with Crippen LogP contribution >= 0.6 is 0 Å². The normalized spacial score (nSPS) is 21.1. The van der Waals surface area contributed by atoms with Crippen molar-refractivity contribution >= 4 is 29.7 Å². The highest BCUT2D eigenvalue weighted by Gasteiger charge is 2.57. The molecule has 1 aliphatic heterocycles. The summed E-state index contributed by atoms with van der Waals surface area (Å²) in [6.07, 6.45) is 4.04. The monoisotopic (exact) mass is 599 g/mol. The number of alkyl carbamates (subject to hydrolysis) is 1. The van der Waals surface area contributed by atoms with Crippen molar-refractivity contribution in [3.8, 4) is 0 Å². The summed E-state index contributed by atoms with van der Waals surface area (Å²) >= 11 is 0. The molecule has 11 heteroatoms. The molecule has 1 heterocycles. The first-order valence-corrected chi connectivity index (χ1v) is 14.6. The fourth-order valence-electron chi connectivity index (χ4n) is 5.10. The Bertz CT molecular complexity index is 1280. The van der Waals surface area contributed by atoms with Crippen molar-refractivity contribution in [2.45, 2.75) is 78.0 Å². The van der Waals surface area contributed by atoms with Gasteiger partial charge in [-0.2, -0.15) is 0 Å². The summed E-state index contributed by atoms with van der Waals surface area (Å²) < 4.78 is 23.9. The number of hydrogen-bond acceptors (Lipinski definition) is 7. The molecule has 2 unspecified atom stereocenters. The second-order valence-electron chi connectivity index (χ2n) is 12.3. The van der Waals surface area contributed by atoms with Gasteiger partial charge in [0.25, 0.3) is 0 Å². The van der Waals surface area contributed by atoms with Gasteiger partial charge in [-0.05, 0) is 64.2 Å². The number of nitrogens with one attached hydrogen (secondary N) is 3. The molecule has 1 aliphatic carbocycles. The van der Waals surface area contributed by atoms with Crippen molar-refractivity contribution in [1.82, 2.24) is 16.0 Å². The maximum atomic E-state index is 13.9. The van der Waals surface area contributed by atoms with Crippen LogP contribution in [0.2, 0.25) is 0 Å². The standard InChI is InChI=1S/C32H42FN3O7/c1-7-42-26(38)12-14-32(18-24(32)23-13-15-34-29(23)40)36-28(39)21(16-20-8-10-22(33)11-9-20)17-25(37)27(19(2)3)35-30(41)43-31(4,5)6/h8-14,19,21,24,27H,7,15-18H2,1-6H3,(H,34,40)(H,35,41)(H,36,39)/b14-12+/t21-,24?,27+,32?/m1/s1. The second-order valence-corrected chi connectivity index (χ2v) is 12.3. The SMILES string of the molecule is CCOC(=O)/C=C/C1(NC(=O)[C@@H](CC(=O)[C@@H](NC(=O)OC(C)(C)C)C(C)C)Cc2ccc(F)cc2)CC1C1=CCNC1=O. The van der Waals surface area contributed by atoms with Crippen molar-refractivity contribution in [3.05, 3.63) is 59.4 Å². The van der Waals surface area contributed by atoms with Gasteiger partial charge in [-0.15, -0.1) is 0 Å². The molecule has 1 aromatic rings. The first kappa shape index (κ1) is 33.5. The van der Waals surface area contributed by atoms with Crippen LogP contribution in [0.5, 0.6) is 0 Å². The van der Waals surface area contributed by atoms with Gasteiger partial charge in [-0.1, -0.05) is 38.1 Å². The first-order valence-electron chi connectivity index (χ1n) is 14.6. The van der Waals surface area contributed by atoms with Crippen LogP contribution < -0.4 is 16.0 Å². The molecule has 2 aliphatic rings. The Morgan fingerprint density at radius 1 is 1.16 bits per heavy atom. The van der Waals surface area contributed by atoms with Gasteiger partial charge in [0.1, 0.15) is 11.4 Å². The minimum absolute atomic E-state index is 0.112. The van der Waals surface area contributed by atoms with E-state index in [-0.39, 0.29) is 43.0 Å². The van der Waals surface area contributed by atoms with Crippen LogP contribution in [0.3, 0.4) is 0 Å². The smallest absolute Gasteiger partial charge is 0.408 e. The summed E-state index contributed by atoms with van der Waals surface area (Å²) in [5, 5.41) is 8.36. The maximum Gasteiger partial charge on any atom is 0.408 e. The predicted molar refractivity (Wildman–Crippen MR) is 157 cm³/mol. The summed E-state index contributed by atoms with van der Waals surface area (Å²) in [5.74, 6) is -3.68. The number of carbonyl (C=O) groups is 5. The minimum atomic E-state index is -1.03. The van der Waals surface area contributed by atoms with E-state index in [0.717, 1.165) is 0 Å². The molecule has 0 spiro atoms. The average Bonchev–Trinajstić information content (AvgIpc) is 3.43. The van der Waals surface area contributed by atoms with E-state index in [1.165, 1.54) is 24.3 Å². The molecule has 0 aromatic heterocycles. The quantitative estimate of drug-likeness (QED) is 0.233. The Morgan fingerprint density at radius 2 is 1.84 bits per heavy atom. The van der Waals surface area contributed by atoms with Crippen LogP contribution in [0, 0.1) is 23.6 Å². The fourth-order valence-corrected chi connectivity index (χ4v) is 5.10. The lowest BCUT2D eigenvalue weighted by Gasteiger charge is -2.27. The number of ketones is 1. The lowest BCUT2D eigenvalue weighted by Crippen LogP contribution is -2.48. The highest BCUT2D eigenvalue weighted by molar-refractivity contribution is 5.98. The highest BCUT2D eigenvalue weighted by atomic mass is 19.1. The Balaban J connectivity index is 1.87. The highest BCUT2D eigenvalue weighted by Crippen LogP contribution is 2.50. The molecule has 1 saturated carbocycles. The van der Waals surface area contributed by atoms with Gasteiger partial charge in [0, 0.05) is 36.5 Å². The van der Waals surface area contributed by atoms with E-state index in [0.29, 0.717) is 24.1 Å². The molecule has 1 aromatic carbocycles. The molecule has 0 saturated heterocycles. The summed E-state index contributed by atoms with van der Waals surface area (Å²) in [4.78, 5) is 64.5. The molecule has 3 rings (SSSR count). The fraction of sp³-hybridized carbons (Fsp3) is 0.531. The zero-order valence-corrected chi connectivity index (χ0v) is 25.6. The number of hydrogen-bond donors (Lipinski definition) is 3. The molecular formula is C32H42FN3O7. The molecule has 3 amide bonds. The molecule has 43 heavy (non-hydrogen) atoms. The summed E-state index contributed by atoms with van der Waals surface area (Å²) in [5.41, 5.74) is -0.649. The third kappa shape index (κ3) is 9.49. The van der Waals surface area contributed by atoms with E-state index in [1.807, 2.05) is 0 Å². The number of benzene rings is 1. The van der Waals surface area contributed by atoms with Gasteiger partial charge in [-0.25, -0.2) is 14.0 Å². The molecule has 0 bridgehead atoms. The number of carbonyl (C=O) groups excluding carboxylic acids is 5. The van der Waals surface area contributed by atoms with Crippen LogP contribution in [0.15, 0.2) is 48.1 Å². The van der Waals surface area contributed by atoms with Crippen molar-refractivity contribution in [2.24, 2.45) is 17.8 Å². The van der Waals surface area contributed by atoms with E-state index in [1.54, 1.807) is 59.8 Å². The van der Waals surface area contributed by atoms with E-state index in [2.05, 4.69) is 16.0 Å². The Labute approximate surface area is 251 Å². The molecule has 234 valence electrons. The van der Waals surface area contributed by atoms with Gasteiger partial charge >= 0.3 is 12.1 Å². The van der Waals surface area contributed by atoms with Crippen molar-refractivity contribution in [3.63, 3.8) is 0 Å². The van der Waals surface area contributed by atoms with Crippen LogP contribution in [0.4, 0.5) is 9.18 Å². The molecule has 0 radical (unpaired) electrons. The van der Waals surface area contributed by atoms with Crippen molar-refractivity contribution in [1.29, 1.82) is 0 Å². The van der Waals surface area contributed by atoms with Crippen molar-refractivity contribution in [2.75, 3.05) is 13.2 Å². The third-order valence-electron chi connectivity index (χ3n) is 7.28. The van der Waals surface area contributed by atoms with Crippen LogP contribution in [0.1, 0.15) is 59.9 Å². The van der Waals surface area contributed by atoms with E-state index >= 15 is 0 Å². The van der Waals surface area contributed by atoms with Gasteiger partial charge in [0.15, 0.2) is 5.78 Å². The zero-order valence-electron chi connectivity index (χ0n) is 25.6. The molecular weight excluding hydrogens is 557 g/mol. The lowest BCUT2D eigenvalue weighted by atomic mass is 9.88. The number of amides is 3. The van der Waals surface area contributed by atoms with Crippen LogP contribution in [-0.2, 0) is 35.1 Å². The molecule has 10 nitrogen and oxygen atoms in total. The van der Waals surface area contributed by atoms with E-state index < -0.39 is 46.9 Å². The third-order valence-corrected chi connectivity index (χ3v) is 7.28. The number of rotatable bonds is 13. The van der Waals surface area contributed by atoms with Gasteiger partial charge < -0.3 is 25.4 Å². The summed E-state index contributed by atoms with van der Waals surface area (Å²) in [6, 6.07) is 4.72. The molecule has 1 fully saturated rings. The maximum absolute atomic E-state index is 13.9. The topological polar surface area (TPSA) is 140 Å². The predicted octanol–water partition coefficient (Wildman–Crippen LogP) is 3.54. The Morgan fingerprint density at radius 3 is 2.40 bits per heavy atom.